The Morgan fingerprint density at radius 3 is 2.54 bits per heavy atom. The van der Waals surface area contributed by atoms with Crippen molar-refractivity contribution in [2.45, 2.75) is 33.3 Å². The summed E-state index contributed by atoms with van der Waals surface area (Å²) >= 11 is 6.36. The maximum Gasteiger partial charge on any atom is 0.421 e. The number of ether oxygens (including phenoxy) is 1. The van der Waals surface area contributed by atoms with E-state index >= 15 is 0 Å². The smallest absolute Gasteiger partial charge is 0.421 e. The van der Waals surface area contributed by atoms with E-state index in [9.17, 15) is 13.6 Å². The Labute approximate surface area is 165 Å². The van der Waals surface area contributed by atoms with Crippen LogP contribution in [0.25, 0.3) is 10.9 Å². The molecule has 0 N–H and O–H groups in total. The molecule has 0 saturated carbocycles. The number of halogens is 3. The Bertz CT molecular complexity index is 1050. The molecule has 1 amide bonds. The molecule has 0 unspecified atom stereocenters. The number of carbonyl (C=O) groups is 1. The summed E-state index contributed by atoms with van der Waals surface area (Å²) in [6.45, 7) is 6.76. The van der Waals surface area contributed by atoms with Gasteiger partial charge in [-0.2, -0.15) is 0 Å². The number of rotatable bonds is 2. The number of carbonyl (C=O) groups excluding carboxylic acids is 1. The van der Waals surface area contributed by atoms with Crippen LogP contribution in [0, 0.1) is 18.6 Å². The summed E-state index contributed by atoms with van der Waals surface area (Å²) in [7, 11) is 0. The molecule has 0 spiro atoms. The highest BCUT2D eigenvalue weighted by molar-refractivity contribution is 6.36. The third kappa shape index (κ3) is 3.89. The van der Waals surface area contributed by atoms with Crippen molar-refractivity contribution in [1.82, 2.24) is 9.97 Å². The van der Waals surface area contributed by atoms with Gasteiger partial charge >= 0.3 is 6.09 Å². The monoisotopic (exact) mass is 405 g/mol. The minimum atomic E-state index is -0.830. The Morgan fingerprint density at radius 1 is 1.21 bits per heavy atom. The number of benzene rings is 1. The number of fused-ring (bicyclic) bond motifs is 1. The molecule has 0 radical (unpaired) electrons. The Kier molecular flexibility index (Phi) is 5.21. The van der Waals surface area contributed by atoms with E-state index in [1.54, 1.807) is 45.9 Å². The van der Waals surface area contributed by atoms with Crippen molar-refractivity contribution in [2.24, 2.45) is 0 Å². The zero-order valence-corrected chi connectivity index (χ0v) is 16.5. The maximum absolute atomic E-state index is 14.2. The fourth-order valence-electron chi connectivity index (χ4n) is 2.65. The molecule has 146 valence electrons. The predicted molar refractivity (Wildman–Crippen MR) is 104 cm³/mol. The third-order valence-electron chi connectivity index (χ3n) is 3.81. The predicted octanol–water partition coefficient (Wildman–Crippen LogP) is 5.94. The molecule has 28 heavy (non-hydrogen) atoms. The van der Waals surface area contributed by atoms with Crippen LogP contribution in [-0.2, 0) is 4.74 Å². The first kappa shape index (κ1) is 19.9. The van der Waals surface area contributed by atoms with Crippen LogP contribution >= 0.6 is 11.6 Å². The van der Waals surface area contributed by atoms with Crippen LogP contribution in [0.15, 0.2) is 36.5 Å². The second-order valence-electron chi connectivity index (χ2n) is 7.16. The molecular formula is C20H18ClF2N3O2. The third-order valence-corrected chi connectivity index (χ3v) is 4.28. The molecule has 0 aliphatic rings. The van der Waals surface area contributed by atoms with Gasteiger partial charge in [-0.1, -0.05) is 17.7 Å². The number of pyridine rings is 2. The summed E-state index contributed by atoms with van der Waals surface area (Å²) in [5, 5.41) is 0.0106. The highest BCUT2D eigenvalue weighted by Crippen LogP contribution is 2.36. The molecule has 3 rings (SSSR count). The lowest BCUT2D eigenvalue weighted by molar-refractivity contribution is 0.0597. The molecule has 0 aliphatic carbocycles. The summed E-state index contributed by atoms with van der Waals surface area (Å²) in [5.41, 5.74) is -0.472. The first-order valence-electron chi connectivity index (χ1n) is 8.47. The van der Waals surface area contributed by atoms with Crippen LogP contribution in [0.5, 0.6) is 0 Å². The van der Waals surface area contributed by atoms with Crippen LogP contribution in [0.1, 0.15) is 26.3 Å². The molecule has 2 aromatic heterocycles. The van der Waals surface area contributed by atoms with Crippen molar-refractivity contribution in [2.75, 3.05) is 4.90 Å². The van der Waals surface area contributed by atoms with Gasteiger partial charge in [0.2, 0.25) is 0 Å². The molecule has 2 heterocycles. The fourth-order valence-corrected chi connectivity index (χ4v) is 2.92. The standard InChI is InChI=1S/C20H18ClF2N3O2/c1-11-17(21)16-13(23)9-12(22)10-14(16)25-18(11)26(15-7-5-6-8-24-15)19(27)28-20(2,3)4/h5-10H,1-4H3. The zero-order valence-electron chi connectivity index (χ0n) is 15.8. The first-order chi connectivity index (χ1) is 13.1. The summed E-state index contributed by atoms with van der Waals surface area (Å²) < 4.78 is 33.4. The van der Waals surface area contributed by atoms with E-state index < -0.39 is 23.3 Å². The number of aromatic nitrogens is 2. The maximum atomic E-state index is 14.2. The Morgan fingerprint density at radius 2 is 1.93 bits per heavy atom. The van der Waals surface area contributed by atoms with Gasteiger partial charge in [0.25, 0.3) is 0 Å². The summed E-state index contributed by atoms with van der Waals surface area (Å²) in [6.07, 6.45) is 0.762. The van der Waals surface area contributed by atoms with E-state index in [0.717, 1.165) is 17.0 Å². The second kappa shape index (κ2) is 7.31. The molecule has 0 atom stereocenters. The number of hydrogen-bond acceptors (Lipinski definition) is 4. The van der Waals surface area contributed by atoms with Gasteiger partial charge in [-0.05, 0) is 39.8 Å². The lowest BCUT2D eigenvalue weighted by atomic mass is 10.1. The van der Waals surface area contributed by atoms with E-state index in [-0.39, 0.29) is 27.6 Å². The van der Waals surface area contributed by atoms with Gasteiger partial charge in [-0.25, -0.2) is 28.4 Å². The second-order valence-corrected chi connectivity index (χ2v) is 7.54. The van der Waals surface area contributed by atoms with Gasteiger partial charge in [-0.15, -0.1) is 0 Å². The summed E-state index contributed by atoms with van der Waals surface area (Å²) in [6, 6.07) is 6.76. The largest absolute Gasteiger partial charge is 0.443 e. The van der Waals surface area contributed by atoms with Gasteiger partial charge in [0, 0.05) is 23.9 Å². The minimum Gasteiger partial charge on any atom is -0.443 e. The van der Waals surface area contributed by atoms with Gasteiger partial charge in [0.1, 0.15) is 28.9 Å². The van der Waals surface area contributed by atoms with E-state index in [1.807, 2.05) is 0 Å². The molecule has 0 fully saturated rings. The first-order valence-corrected chi connectivity index (χ1v) is 8.85. The SMILES string of the molecule is Cc1c(N(C(=O)OC(C)(C)C)c2ccccn2)nc2cc(F)cc(F)c2c1Cl. The molecule has 0 bridgehead atoms. The van der Waals surface area contributed by atoms with Crippen molar-refractivity contribution in [3.8, 4) is 0 Å². The number of nitrogens with zero attached hydrogens (tertiary/aromatic N) is 3. The molecule has 3 aromatic rings. The van der Waals surface area contributed by atoms with Crippen molar-refractivity contribution >= 4 is 40.2 Å². The quantitative estimate of drug-likeness (QED) is 0.529. The molecule has 0 aliphatic heterocycles. The Hall–Kier alpha value is -2.80. The normalized spacial score (nSPS) is 11.5. The van der Waals surface area contributed by atoms with Gasteiger partial charge < -0.3 is 4.74 Å². The zero-order chi connectivity index (χ0) is 20.6. The van der Waals surface area contributed by atoms with Crippen molar-refractivity contribution < 1.29 is 18.3 Å². The van der Waals surface area contributed by atoms with Crippen LogP contribution in [0.3, 0.4) is 0 Å². The van der Waals surface area contributed by atoms with Gasteiger partial charge in [-0.3, -0.25) is 0 Å². The molecular weight excluding hydrogens is 388 g/mol. The topological polar surface area (TPSA) is 55.3 Å². The highest BCUT2D eigenvalue weighted by Gasteiger charge is 2.29. The number of hydrogen-bond donors (Lipinski definition) is 0. The molecule has 8 heteroatoms. The van der Waals surface area contributed by atoms with Crippen LogP contribution in [0.2, 0.25) is 5.02 Å². The van der Waals surface area contributed by atoms with E-state index in [4.69, 9.17) is 16.3 Å². The summed E-state index contributed by atoms with van der Waals surface area (Å²) in [4.78, 5) is 22.6. The van der Waals surface area contributed by atoms with Crippen LogP contribution in [0.4, 0.5) is 25.2 Å². The lowest BCUT2D eigenvalue weighted by Gasteiger charge is -2.27. The molecule has 0 saturated heterocycles. The fraction of sp³-hybridized carbons (Fsp3) is 0.250. The van der Waals surface area contributed by atoms with Crippen LogP contribution in [-0.4, -0.2) is 21.7 Å². The van der Waals surface area contributed by atoms with Gasteiger partial charge in [0.15, 0.2) is 0 Å². The van der Waals surface area contributed by atoms with Crippen molar-refractivity contribution in [3.05, 3.63) is 58.7 Å². The average molecular weight is 406 g/mol. The lowest BCUT2D eigenvalue weighted by Crippen LogP contribution is -2.35. The highest BCUT2D eigenvalue weighted by atomic mass is 35.5. The van der Waals surface area contributed by atoms with Gasteiger partial charge in [0.05, 0.1) is 15.9 Å². The average Bonchev–Trinajstić information content (AvgIpc) is 2.58. The Balaban J connectivity index is 2.27. The van der Waals surface area contributed by atoms with E-state index in [0.29, 0.717) is 5.56 Å². The number of amides is 1. The van der Waals surface area contributed by atoms with Crippen LogP contribution < -0.4 is 4.90 Å². The summed E-state index contributed by atoms with van der Waals surface area (Å²) in [5.74, 6) is -1.32. The van der Waals surface area contributed by atoms with E-state index in [2.05, 4.69) is 9.97 Å². The van der Waals surface area contributed by atoms with Crippen molar-refractivity contribution in [3.63, 3.8) is 0 Å². The number of anilines is 2. The van der Waals surface area contributed by atoms with E-state index in [1.165, 1.54) is 6.20 Å². The molecule has 1 aromatic carbocycles. The molecule has 5 nitrogen and oxygen atoms in total. The van der Waals surface area contributed by atoms with Crippen molar-refractivity contribution in [1.29, 1.82) is 0 Å². The minimum absolute atomic E-state index is 0.0190.